The average Bonchev–Trinajstić information content (AvgIpc) is 3.25. The molecule has 0 aromatic heterocycles. The SMILES string of the molecule is CC(C)(C)c1cc2c3c(c1)[Si](c1ccccc1)(c1ccccc1)c1cccc4c1N3c1c(cccc1[Si]4(c1ccccc1)c1ccccc1)B2c1ccccc1. The van der Waals surface area contributed by atoms with Crippen LogP contribution >= 0.6 is 0 Å². The summed E-state index contributed by atoms with van der Waals surface area (Å²) in [6.45, 7) is 7.23. The Morgan fingerprint density at radius 1 is 0.375 bits per heavy atom. The van der Waals surface area contributed by atoms with Gasteiger partial charge in [0, 0.05) is 17.1 Å². The minimum absolute atomic E-state index is 0.0604. The van der Waals surface area contributed by atoms with E-state index in [0.717, 1.165) is 0 Å². The normalized spacial score (nSPS) is 15.3. The van der Waals surface area contributed by atoms with Gasteiger partial charge in [0.25, 0.3) is 0 Å². The molecular formula is C52H42BNSi2. The number of anilines is 3. The predicted octanol–water partition coefficient (Wildman–Crippen LogP) is 4.67. The van der Waals surface area contributed by atoms with Crippen molar-refractivity contribution in [3.8, 4) is 0 Å². The van der Waals surface area contributed by atoms with Crippen LogP contribution in [0.1, 0.15) is 26.3 Å². The molecule has 4 heteroatoms. The van der Waals surface area contributed by atoms with Crippen molar-refractivity contribution in [3.63, 3.8) is 0 Å². The Bertz CT molecular complexity index is 2700. The topological polar surface area (TPSA) is 3.24 Å². The summed E-state index contributed by atoms with van der Waals surface area (Å²) in [5, 5.41) is 11.7. The van der Waals surface area contributed by atoms with Crippen molar-refractivity contribution in [1.82, 2.24) is 0 Å². The van der Waals surface area contributed by atoms with E-state index in [0.29, 0.717) is 0 Å². The van der Waals surface area contributed by atoms with Crippen LogP contribution in [0.15, 0.2) is 200 Å². The Hall–Kier alpha value is -5.94. The molecule has 0 bridgehead atoms. The third-order valence-electron chi connectivity index (χ3n) is 13.0. The van der Waals surface area contributed by atoms with Crippen molar-refractivity contribution < 1.29 is 0 Å². The second-order valence-corrected chi connectivity index (χ2v) is 24.3. The van der Waals surface area contributed by atoms with E-state index in [-0.39, 0.29) is 12.1 Å². The summed E-state index contributed by atoms with van der Waals surface area (Å²) in [5.74, 6) is 0. The quantitative estimate of drug-likeness (QED) is 0.232. The third-order valence-corrected chi connectivity index (χ3v) is 22.6. The monoisotopic (exact) mass is 747 g/mol. The largest absolute Gasteiger partial charge is 0.312 e. The Kier molecular flexibility index (Phi) is 7.32. The first-order valence-corrected chi connectivity index (χ1v) is 24.0. The van der Waals surface area contributed by atoms with Crippen LogP contribution in [0.2, 0.25) is 0 Å². The first kappa shape index (κ1) is 33.4. The molecule has 0 atom stereocenters. The first-order valence-electron chi connectivity index (χ1n) is 20.0. The fourth-order valence-electron chi connectivity index (χ4n) is 10.7. The molecule has 3 heterocycles. The van der Waals surface area contributed by atoms with E-state index in [4.69, 9.17) is 0 Å². The molecule has 0 saturated carbocycles. The number of nitrogens with zero attached hydrogens (tertiary/aromatic N) is 1. The molecule has 0 N–H and O–H groups in total. The van der Waals surface area contributed by atoms with Crippen molar-refractivity contribution in [2.45, 2.75) is 26.2 Å². The molecule has 0 aliphatic carbocycles. The highest BCUT2D eigenvalue weighted by Crippen LogP contribution is 2.43. The van der Waals surface area contributed by atoms with Gasteiger partial charge in [-0.2, -0.15) is 0 Å². The van der Waals surface area contributed by atoms with E-state index in [1.54, 1.807) is 0 Å². The fraction of sp³-hybridized carbons (Fsp3) is 0.0769. The number of para-hydroxylation sites is 2. The van der Waals surface area contributed by atoms with Crippen molar-refractivity contribution in [1.29, 1.82) is 0 Å². The molecule has 3 aliphatic heterocycles. The van der Waals surface area contributed by atoms with Crippen LogP contribution < -0.4 is 62.8 Å². The van der Waals surface area contributed by atoms with Crippen LogP contribution in [0.5, 0.6) is 0 Å². The minimum atomic E-state index is -2.98. The van der Waals surface area contributed by atoms with Crippen LogP contribution in [-0.2, 0) is 5.41 Å². The van der Waals surface area contributed by atoms with Gasteiger partial charge in [-0.05, 0) is 63.4 Å². The molecular weight excluding hydrogens is 706 g/mol. The molecule has 11 rings (SSSR count). The molecule has 266 valence electrons. The minimum Gasteiger partial charge on any atom is -0.312 e. The molecule has 0 radical (unpaired) electrons. The lowest BCUT2D eigenvalue weighted by atomic mass is 9.35. The predicted molar refractivity (Wildman–Crippen MR) is 245 cm³/mol. The standard InChI is InChI=1S/C52H42BNSi2/c1-52(2,3)37-35-44-50-48(36-37)56(41-27-15-7-16-28-41,42-29-17-8-18-30-42)47-34-20-33-46-51(47)54(50)49-43(53(44)38-21-9-4-10-22-38)31-19-32-45(49)55(46,39-23-11-5-12-24-39)40-25-13-6-14-26-40/h4-36H,1-3H3. The van der Waals surface area contributed by atoms with Crippen molar-refractivity contribution in [2.75, 3.05) is 4.90 Å². The maximum absolute atomic E-state index is 2.98. The van der Waals surface area contributed by atoms with Crippen LogP contribution in [0.3, 0.4) is 0 Å². The number of rotatable bonds is 5. The zero-order chi connectivity index (χ0) is 37.6. The summed E-state index contributed by atoms with van der Waals surface area (Å²) in [6, 6.07) is 77.5. The summed E-state index contributed by atoms with van der Waals surface area (Å²) < 4.78 is 0. The smallest absolute Gasteiger partial charge is 0.246 e. The Morgan fingerprint density at radius 2 is 0.768 bits per heavy atom. The molecule has 3 aliphatic rings. The van der Waals surface area contributed by atoms with Crippen molar-refractivity contribution >= 4 is 97.8 Å². The van der Waals surface area contributed by atoms with Gasteiger partial charge in [0.05, 0.1) is 0 Å². The third kappa shape index (κ3) is 4.37. The Morgan fingerprint density at radius 3 is 1.23 bits per heavy atom. The lowest BCUT2D eigenvalue weighted by Crippen LogP contribution is -2.84. The van der Waals surface area contributed by atoms with Gasteiger partial charge < -0.3 is 4.90 Å². The van der Waals surface area contributed by atoms with E-state index in [2.05, 4.69) is 226 Å². The van der Waals surface area contributed by atoms with E-state index in [9.17, 15) is 0 Å². The summed E-state index contributed by atoms with van der Waals surface area (Å²) in [7, 11) is -5.89. The maximum atomic E-state index is 2.78. The fourth-order valence-corrected chi connectivity index (χ4v) is 21.2. The van der Waals surface area contributed by atoms with Crippen LogP contribution in [-0.4, -0.2) is 22.9 Å². The molecule has 0 fully saturated rings. The highest BCUT2D eigenvalue weighted by atomic mass is 28.3. The Labute approximate surface area is 333 Å². The van der Waals surface area contributed by atoms with Gasteiger partial charge in [-0.25, -0.2) is 0 Å². The second-order valence-electron chi connectivity index (χ2n) is 16.8. The first-order chi connectivity index (χ1) is 27.4. The molecule has 0 amide bonds. The average molecular weight is 748 g/mol. The van der Waals surface area contributed by atoms with Crippen LogP contribution in [0, 0.1) is 0 Å². The van der Waals surface area contributed by atoms with Crippen molar-refractivity contribution in [3.05, 3.63) is 206 Å². The van der Waals surface area contributed by atoms with Gasteiger partial charge >= 0.3 is 0 Å². The highest BCUT2D eigenvalue weighted by Gasteiger charge is 2.59. The molecule has 1 nitrogen and oxygen atoms in total. The zero-order valence-electron chi connectivity index (χ0n) is 32.1. The van der Waals surface area contributed by atoms with Crippen LogP contribution in [0.25, 0.3) is 0 Å². The van der Waals surface area contributed by atoms with E-state index in [1.165, 1.54) is 80.5 Å². The zero-order valence-corrected chi connectivity index (χ0v) is 34.1. The highest BCUT2D eigenvalue weighted by molar-refractivity contribution is 7.25. The molecule has 0 unspecified atom stereocenters. The second kappa shape index (κ2) is 12.3. The van der Waals surface area contributed by atoms with Gasteiger partial charge in [0.15, 0.2) is 16.1 Å². The lowest BCUT2D eigenvalue weighted by molar-refractivity contribution is 0.591. The van der Waals surface area contributed by atoms with Gasteiger partial charge in [-0.3, -0.25) is 0 Å². The van der Waals surface area contributed by atoms with E-state index >= 15 is 0 Å². The molecule has 0 saturated heterocycles. The summed E-state index contributed by atoms with van der Waals surface area (Å²) in [4.78, 5) is 2.78. The molecule has 56 heavy (non-hydrogen) atoms. The van der Waals surface area contributed by atoms with Gasteiger partial charge in [0.1, 0.15) is 0 Å². The summed E-state index contributed by atoms with van der Waals surface area (Å²) >= 11 is 0. The summed E-state index contributed by atoms with van der Waals surface area (Å²) in [5.41, 5.74) is 9.69. The maximum Gasteiger partial charge on any atom is 0.246 e. The number of hydrogen-bond donors (Lipinski definition) is 0. The van der Waals surface area contributed by atoms with Crippen molar-refractivity contribution in [2.24, 2.45) is 0 Å². The number of hydrogen-bond acceptors (Lipinski definition) is 1. The molecule has 0 spiro atoms. The van der Waals surface area contributed by atoms with Gasteiger partial charge in [0.2, 0.25) is 6.71 Å². The van der Waals surface area contributed by atoms with Crippen LogP contribution in [0.4, 0.5) is 17.1 Å². The number of benzene rings is 8. The molecule has 8 aromatic carbocycles. The summed E-state index contributed by atoms with van der Waals surface area (Å²) in [6.07, 6.45) is 0. The lowest BCUT2D eigenvalue weighted by Gasteiger charge is -2.55. The van der Waals surface area contributed by atoms with Gasteiger partial charge in [-0.15, -0.1) is 0 Å². The van der Waals surface area contributed by atoms with Gasteiger partial charge in [-0.1, -0.05) is 226 Å². The Balaban J connectivity index is 1.42. The van der Waals surface area contributed by atoms with E-state index in [1.807, 2.05) is 0 Å². The molecule has 8 aromatic rings. The van der Waals surface area contributed by atoms with E-state index < -0.39 is 16.1 Å².